The number of nitrogens with zero attached hydrogens (tertiary/aromatic N) is 1. The molecule has 0 amide bonds. The molecule has 0 saturated heterocycles. The van der Waals surface area contributed by atoms with Crippen molar-refractivity contribution < 1.29 is 14.3 Å². The van der Waals surface area contributed by atoms with Crippen LogP contribution in [0.25, 0.3) is 0 Å². The molecule has 0 fully saturated rings. The van der Waals surface area contributed by atoms with Crippen LogP contribution in [0, 0.1) is 0 Å². The van der Waals surface area contributed by atoms with Gasteiger partial charge in [-0.3, -0.25) is 0 Å². The predicted molar refractivity (Wildman–Crippen MR) is 69.3 cm³/mol. The monoisotopic (exact) mass is 250 g/mol. The number of hydrogen-bond donors (Lipinski definition) is 1. The van der Waals surface area contributed by atoms with Crippen LogP contribution in [0.1, 0.15) is 36.7 Å². The Labute approximate surface area is 107 Å². The fraction of sp³-hybridized carbons (Fsp3) is 0.385. The van der Waals surface area contributed by atoms with E-state index in [0.29, 0.717) is 17.0 Å². The number of benzene rings is 1. The molecule has 0 radical (unpaired) electrons. The second-order valence-corrected chi connectivity index (χ2v) is 4.72. The lowest BCUT2D eigenvalue weighted by Crippen LogP contribution is -2.23. The van der Waals surface area contributed by atoms with Gasteiger partial charge in [-0.05, 0) is 45.0 Å². The zero-order valence-corrected chi connectivity index (χ0v) is 11.1. The summed E-state index contributed by atoms with van der Waals surface area (Å²) >= 11 is 0. The maximum atomic E-state index is 11.8. The average molecular weight is 250 g/mol. The largest absolute Gasteiger partial charge is 0.480 e. The predicted octanol–water partition coefficient (Wildman–Crippen LogP) is 1.91. The second-order valence-electron chi connectivity index (χ2n) is 4.72. The first-order chi connectivity index (χ1) is 8.37. The van der Waals surface area contributed by atoms with E-state index < -0.39 is 5.60 Å². The molecule has 0 bridgehead atoms. The molecule has 0 unspecified atom stereocenters. The van der Waals surface area contributed by atoms with Crippen LogP contribution in [0.15, 0.2) is 29.4 Å². The summed E-state index contributed by atoms with van der Waals surface area (Å²) in [6, 6.07) is 6.70. The highest BCUT2D eigenvalue weighted by atomic mass is 16.6. The number of esters is 1. The number of nitrogens with two attached hydrogens (primary N) is 1. The van der Waals surface area contributed by atoms with Crippen molar-refractivity contribution in [1.82, 2.24) is 0 Å². The van der Waals surface area contributed by atoms with Crippen LogP contribution in [0.3, 0.4) is 0 Å². The van der Waals surface area contributed by atoms with E-state index in [9.17, 15) is 4.79 Å². The van der Waals surface area contributed by atoms with Crippen molar-refractivity contribution in [3.63, 3.8) is 0 Å². The van der Waals surface area contributed by atoms with Crippen LogP contribution in [-0.4, -0.2) is 24.6 Å². The number of carbonyl (C=O) groups excluding carboxylic acids is 1. The van der Waals surface area contributed by atoms with Gasteiger partial charge in [0.25, 0.3) is 0 Å². The first-order valence-electron chi connectivity index (χ1n) is 5.53. The number of hydrazone groups is 1. The van der Waals surface area contributed by atoms with E-state index in [4.69, 9.17) is 15.3 Å². The molecule has 98 valence electrons. The van der Waals surface area contributed by atoms with E-state index in [1.165, 1.54) is 7.11 Å². The molecule has 1 aromatic rings. The number of carbonyl (C=O) groups is 1. The van der Waals surface area contributed by atoms with Crippen molar-refractivity contribution in [2.45, 2.75) is 26.4 Å². The zero-order valence-electron chi connectivity index (χ0n) is 11.1. The Morgan fingerprint density at radius 1 is 1.17 bits per heavy atom. The Bertz CT molecular complexity index is 444. The van der Waals surface area contributed by atoms with Crippen molar-refractivity contribution in [2.24, 2.45) is 10.9 Å². The Morgan fingerprint density at radius 3 is 2.06 bits per heavy atom. The van der Waals surface area contributed by atoms with Crippen LogP contribution < -0.4 is 5.84 Å². The quantitative estimate of drug-likeness (QED) is 0.286. The Kier molecular flexibility index (Phi) is 4.31. The van der Waals surface area contributed by atoms with E-state index in [-0.39, 0.29) is 5.97 Å². The van der Waals surface area contributed by atoms with Gasteiger partial charge in [-0.1, -0.05) is 0 Å². The van der Waals surface area contributed by atoms with Gasteiger partial charge in [0.2, 0.25) is 5.90 Å². The summed E-state index contributed by atoms with van der Waals surface area (Å²) in [7, 11) is 1.48. The highest BCUT2D eigenvalue weighted by molar-refractivity contribution is 5.96. The highest BCUT2D eigenvalue weighted by Crippen LogP contribution is 2.13. The maximum absolute atomic E-state index is 11.8. The maximum Gasteiger partial charge on any atom is 0.338 e. The van der Waals surface area contributed by atoms with E-state index in [0.717, 1.165) is 0 Å². The molecule has 2 N–H and O–H groups in total. The fourth-order valence-electron chi connectivity index (χ4n) is 1.33. The lowest BCUT2D eigenvalue weighted by molar-refractivity contribution is 0.00695. The Hall–Kier alpha value is -2.04. The molecule has 5 heteroatoms. The lowest BCUT2D eigenvalue weighted by Gasteiger charge is -2.19. The summed E-state index contributed by atoms with van der Waals surface area (Å²) in [5, 5.41) is 3.49. The number of rotatable bonds is 2. The van der Waals surface area contributed by atoms with Crippen LogP contribution in [0.2, 0.25) is 0 Å². The van der Waals surface area contributed by atoms with Crippen molar-refractivity contribution >= 4 is 11.9 Å². The van der Waals surface area contributed by atoms with Gasteiger partial charge in [0.15, 0.2) is 0 Å². The highest BCUT2D eigenvalue weighted by Gasteiger charge is 2.17. The van der Waals surface area contributed by atoms with Crippen LogP contribution in [-0.2, 0) is 9.47 Å². The molecular weight excluding hydrogens is 232 g/mol. The van der Waals surface area contributed by atoms with E-state index in [2.05, 4.69) is 5.10 Å². The van der Waals surface area contributed by atoms with Gasteiger partial charge < -0.3 is 15.3 Å². The molecule has 0 aliphatic rings. The smallest absolute Gasteiger partial charge is 0.338 e. The van der Waals surface area contributed by atoms with Gasteiger partial charge in [0, 0.05) is 5.56 Å². The van der Waals surface area contributed by atoms with Gasteiger partial charge >= 0.3 is 5.97 Å². The van der Waals surface area contributed by atoms with E-state index in [1.54, 1.807) is 24.3 Å². The lowest BCUT2D eigenvalue weighted by atomic mass is 10.1. The van der Waals surface area contributed by atoms with Crippen LogP contribution in [0.4, 0.5) is 0 Å². The van der Waals surface area contributed by atoms with E-state index >= 15 is 0 Å². The molecule has 0 aromatic heterocycles. The summed E-state index contributed by atoms with van der Waals surface area (Å²) < 4.78 is 10.2. The first-order valence-corrected chi connectivity index (χ1v) is 5.53. The van der Waals surface area contributed by atoms with Gasteiger partial charge in [-0.15, -0.1) is 5.10 Å². The van der Waals surface area contributed by atoms with Crippen molar-refractivity contribution in [2.75, 3.05) is 7.11 Å². The summed E-state index contributed by atoms with van der Waals surface area (Å²) in [6.45, 7) is 5.47. The van der Waals surface area contributed by atoms with Crippen LogP contribution in [0.5, 0.6) is 0 Å². The molecule has 0 spiro atoms. The fourth-order valence-corrected chi connectivity index (χ4v) is 1.33. The Morgan fingerprint density at radius 2 is 1.67 bits per heavy atom. The molecule has 0 aliphatic carbocycles. The minimum Gasteiger partial charge on any atom is -0.480 e. The van der Waals surface area contributed by atoms with Gasteiger partial charge in [0.1, 0.15) is 5.60 Å². The second kappa shape index (κ2) is 5.53. The molecule has 0 saturated carbocycles. The summed E-state index contributed by atoms with van der Waals surface area (Å²) in [5.41, 5.74) is 0.667. The molecular formula is C13H18N2O3. The molecule has 5 nitrogen and oxygen atoms in total. The third-order valence-corrected chi connectivity index (χ3v) is 2.08. The minimum atomic E-state index is -0.508. The van der Waals surface area contributed by atoms with Gasteiger partial charge in [-0.25, -0.2) is 4.79 Å². The number of ether oxygens (including phenoxy) is 2. The first kappa shape index (κ1) is 14.0. The molecule has 18 heavy (non-hydrogen) atoms. The normalized spacial score (nSPS) is 12.1. The molecule has 0 atom stereocenters. The molecule has 0 heterocycles. The van der Waals surface area contributed by atoms with Crippen molar-refractivity contribution in [1.29, 1.82) is 0 Å². The molecule has 0 aliphatic heterocycles. The topological polar surface area (TPSA) is 73.9 Å². The SMILES string of the molecule is COC(=NN)c1ccc(C(=O)OC(C)(C)C)cc1. The van der Waals surface area contributed by atoms with Gasteiger partial charge in [0.05, 0.1) is 12.7 Å². The minimum absolute atomic E-state index is 0.311. The Balaban J connectivity index is 2.86. The molecule has 1 rings (SSSR count). The summed E-state index contributed by atoms with van der Waals surface area (Å²) in [6.07, 6.45) is 0. The van der Waals surface area contributed by atoms with Crippen molar-refractivity contribution in [3.05, 3.63) is 35.4 Å². The zero-order chi connectivity index (χ0) is 13.8. The standard InChI is InChI=1S/C13H18N2O3/c1-13(2,3)18-12(16)10-7-5-9(6-8-10)11(15-14)17-4/h5-8H,14H2,1-4H3. The van der Waals surface area contributed by atoms with Crippen molar-refractivity contribution in [3.8, 4) is 0 Å². The third-order valence-electron chi connectivity index (χ3n) is 2.08. The number of methoxy groups -OCH3 is 1. The average Bonchev–Trinajstić information content (AvgIpc) is 2.29. The number of hydrogen-bond acceptors (Lipinski definition) is 5. The summed E-state index contributed by atoms with van der Waals surface area (Å²) in [4.78, 5) is 11.8. The summed E-state index contributed by atoms with van der Waals surface area (Å²) in [5.74, 6) is 5.12. The third kappa shape index (κ3) is 3.76. The van der Waals surface area contributed by atoms with Crippen LogP contribution >= 0.6 is 0 Å². The molecule has 1 aromatic carbocycles. The van der Waals surface area contributed by atoms with Gasteiger partial charge in [-0.2, -0.15) is 0 Å². The van der Waals surface area contributed by atoms with E-state index in [1.807, 2.05) is 20.8 Å².